The van der Waals surface area contributed by atoms with Gasteiger partial charge in [0.15, 0.2) is 5.65 Å². The molecular formula is C20H28N6O. The van der Waals surface area contributed by atoms with Crippen LogP contribution in [0.3, 0.4) is 0 Å². The van der Waals surface area contributed by atoms with Crippen LogP contribution >= 0.6 is 0 Å². The lowest BCUT2D eigenvalue weighted by atomic mass is 10.1. The minimum atomic E-state index is -0.211. The summed E-state index contributed by atoms with van der Waals surface area (Å²) in [5.41, 5.74) is 2.64. The van der Waals surface area contributed by atoms with Crippen LogP contribution in [-0.4, -0.2) is 65.0 Å². The standard InChI is InChI=1S/C20H28N6O/c1-14-13-15(2)22-17-16(14)19(26-10-5-6-11-26)24-18(23-17)20(27)21-7-12-25-8-3-4-9-25/h13H,3-12H2,1-2H3,(H,21,27). The molecule has 0 saturated carbocycles. The first-order valence-corrected chi connectivity index (χ1v) is 10.0. The molecule has 1 amide bonds. The lowest BCUT2D eigenvalue weighted by Crippen LogP contribution is -2.34. The highest BCUT2D eigenvalue weighted by atomic mass is 16.2. The molecule has 2 aromatic heterocycles. The Balaban J connectivity index is 1.60. The van der Waals surface area contributed by atoms with Crippen molar-refractivity contribution in [2.45, 2.75) is 39.5 Å². The van der Waals surface area contributed by atoms with Crippen LogP contribution in [0.1, 0.15) is 47.6 Å². The second kappa shape index (κ2) is 7.76. The topological polar surface area (TPSA) is 74.2 Å². The number of rotatable bonds is 5. The van der Waals surface area contributed by atoms with Crippen LogP contribution in [0, 0.1) is 13.8 Å². The summed E-state index contributed by atoms with van der Waals surface area (Å²) >= 11 is 0. The molecule has 2 aliphatic heterocycles. The first-order valence-electron chi connectivity index (χ1n) is 10.0. The number of hydrogen-bond acceptors (Lipinski definition) is 6. The molecule has 2 aliphatic rings. The molecule has 7 nitrogen and oxygen atoms in total. The van der Waals surface area contributed by atoms with Crippen LogP contribution < -0.4 is 10.2 Å². The van der Waals surface area contributed by atoms with Crippen LogP contribution in [0.5, 0.6) is 0 Å². The maximum Gasteiger partial charge on any atom is 0.289 e. The molecule has 0 aromatic carbocycles. The van der Waals surface area contributed by atoms with Crippen LogP contribution in [0.25, 0.3) is 11.0 Å². The number of amides is 1. The van der Waals surface area contributed by atoms with Gasteiger partial charge in [-0.05, 0) is 64.3 Å². The Labute approximate surface area is 160 Å². The number of nitrogens with one attached hydrogen (secondary N) is 1. The largest absolute Gasteiger partial charge is 0.356 e. The molecule has 0 atom stereocenters. The van der Waals surface area contributed by atoms with Gasteiger partial charge in [-0.3, -0.25) is 4.79 Å². The third-order valence-electron chi connectivity index (χ3n) is 5.49. The lowest BCUT2D eigenvalue weighted by molar-refractivity contribution is 0.0939. The quantitative estimate of drug-likeness (QED) is 0.871. The van der Waals surface area contributed by atoms with E-state index in [4.69, 9.17) is 0 Å². The van der Waals surface area contributed by atoms with Crippen molar-refractivity contribution in [2.75, 3.05) is 44.2 Å². The molecule has 4 heterocycles. The summed E-state index contributed by atoms with van der Waals surface area (Å²) in [5.74, 6) is 0.869. The van der Waals surface area contributed by atoms with Gasteiger partial charge in [0.05, 0.1) is 5.39 Å². The van der Waals surface area contributed by atoms with Crippen LogP contribution in [0.15, 0.2) is 6.07 Å². The molecule has 144 valence electrons. The minimum Gasteiger partial charge on any atom is -0.356 e. The Morgan fingerprint density at radius 2 is 1.74 bits per heavy atom. The molecule has 0 aliphatic carbocycles. The normalized spacial score (nSPS) is 17.8. The SMILES string of the molecule is Cc1cc(C)c2c(N3CCCC3)nc(C(=O)NCCN3CCCC3)nc2n1. The van der Waals surface area contributed by atoms with E-state index in [1.54, 1.807) is 0 Å². The number of pyridine rings is 1. The third-order valence-corrected chi connectivity index (χ3v) is 5.49. The van der Waals surface area contributed by atoms with E-state index in [-0.39, 0.29) is 11.7 Å². The number of aryl methyl sites for hydroxylation is 2. The van der Waals surface area contributed by atoms with Crippen LogP contribution in [-0.2, 0) is 0 Å². The van der Waals surface area contributed by atoms with Gasteiger partial charge in [0.2, 0.25) is 5.82 Å². The van der Waals surface area contributed by atoms with Gasteiger partial charge in [0.1, 0.15) is 5.82 Å². The highest BCUT2D eigenvalue weighted by Gasteiger charge is 2.22. The van der Waals surface area contributed by atoms with Gasteiger partial charge >= 0.3 is 0 Å². The molecule has 0 bridgehead atoms. The molecule has 2 aromatic rings. The highest BCUT2D eigenvalue weighted by molar-refractivity contribution is 5.96. The van der Waals surface area contributed by atoms with Crippen molar-refractivity contribution >= 4 is 22.8 Å². The molecule has 4 rings (SSSR count). The molecule has 0 radical (unpaired) electrons. The van der Waals surface area contributed by atoms with E-state index < -0.39 is 0 Å². The molecule has 0 spiro atoms. The third kappa shape index (κ3) is 3.88. The fraction of sp³-hybridized carbons (Fsp3) is 0.600. The summed E-state index contributed by atoms with van der Waals surface area (Å²) in [6, 6.07) is 2.06. The van der Waals surface area contributed by atoms with Crippen LogP contribution in [0.2, 0.25) is 0 Å². The number of likely N-dealkylation sites (tertiary alicyclic amines) is 1. The molecule has 0 unspecified atom stereocenters. The summed E-state index contributed by atoms with van der Waals surface area (Å²) in [6.07, 6.45) is 4.82. The van der Waals surface area contributed by atoms with Gasteiger partial charge in [0, 0.05) is 31.9 Å². The molecule has 2 saturated heterocycles. The average molecular weight is 368 g/mol. The van der Waals surface area contributed by atoms with E-state index in [1.807, 2.05) is 6.92 Å². The van der Waals surface area contributed by atoms with Crippen molar-refractivity contribution in [3.05, 3.63) is 23.1 Å². The first-order chi connectivity index (χ1) is 13.1. The second-order valence-electron chi connectivity index (χ2n) is 7.65. The summed E-state index contributed by atoms with van der Waals surface area (Å²) < 4.78 is 0. The number of nitrogens with zero attached hydrogens (tertiary/aromatic N) is 5. The van der Waals surface area contributed by atoms with Crippen molar-refractivity contribution in [1.82, 2.24) is 25.2 Å². The summed E-state index contributed by atoms with van der Waals surface area (Å²) in [5, 5.41) is 3.95. The summed E-state index contributed by atoms with van der Waals surface area (Å²) in [6.45, 7) is 9.72. The fourth-order valence-corrected chi connectivity index (χ4v) is 4.13. The number of carbonyl (C=O) groups excluding carboxylic acids is 1. The van der Waals surface area contributed by atoms with Gasteiger partial charge in [-0.2, -0.15) is 0 Å². The van der Waals surface area contributed by atoms with Crippen molar-refractivity contribution in [2.24, 2.45) is 0 Å². The van der Waals surface area contributed by atoms with Gasteiger partial charge in [-0.15, -0.1) is 0 Å². The Morgan fingerprint density at radius 3 is 2.48 bits per heavy atom. The number of anilines is 1. The molecule has 7 heteroatoms. The van der Waals surface area contributed by atoms with Crippen LogP contribution in [0.4, 0.5) is 5.82 Å². The maximum atomic E-state index is 12.7. The summed E-state index contributed by atoms with van der Waals surface area (Å²) in [4.78, 5) is 31.1. The molecule has 1 N–H and O–H groups in total. The second-order valence-corrected chi connectivity index (χ2v) is 7.65. The zero-order valence-electron chi connectivity index (χ0n) is 16.3. The summed E-state index contributed by atoms with van der Waals surface area (Å²) in [7, 11) is 0. The van der Waals surface area contributed by atoms with E-state index >= 15 is 0 Å². The van der Waals surface area contributed by atoms with Crippen molar-refractivity contribution in [1.29, 1.82) is 0 Å². The van der Waals surface area contributed by atoms with E-state index in [9.17, 15) is 4.79 Å². The smallest absolute Gasteiger partial charge is 0.289 e. The number of hydrogen-bond donors (Lipinski definition) is 1. The Hall–Kier alpha value is -2.28. The Kier molecular flexibility index (Phi) is 5.20. The van der Waals surface area contributed by atoms with E-state index in [0.717, 1.165) is 68.0 Å². The van der Waals surface area contributed by atoms with E-state index in [2.05, 4.69) is 43.1 Å². The predicted molar refractivity (Wildman–Crippen MR) is 106 cm³/mol. The molecular weight excluding hydrogens is 340 g/mol. The predicted octanol–water partition coefficient (Wildman–Crippen LogP) is 2.07. The molecule has 2 fully saturated rings. The number of fused-ring (bicyclic) bond motifs is 1. The number of carbonyl (C=O) groups is 1. The zero-order valence-corrected chi connectivity index (χ0v) is 16.3. The van der Waals surface area contributed by atoms with E-state index in [0.29, 0.717) is 12.2 Å². The number of aromatic nitrogens is 3. The van der Waals surface area contributed by atoms with Crippen molar-refractivity contribution < 1.29 is 4.79 Å². The Morgan fingerprint density at radius 1 is 1.04 bits per heavy atom. The Bertz CT molecular complexity index is 840. The minimum absolute atomic E-state index is 0.211. The molecule has 27 heavy (non-hydrogen) atoms. The van der Waals surface area contributed by atoms with E-state index in [1.165, 1.54) is 12.8 Å². The highest BCUT2D eigenvalue weighted by Crippen LogP contribution is 2.29. The first kappa shape index (κ1) is 18.1. The lowest BCUT2D eigenvalue weighted by Gasteiger charge is -2.20. The average Bonchev–Trinajstić information content (AvgIpc) is 3.34. The zero-order chi connectivity index (χ0) is 18.8. The van der Waals surface area contributed by atoms with Crippen molar-refractivity contribution in [3.8, 4) is 0 Å². The van der Waals surface area contributed by atoms with Gasteiger partial charge < -0.3 is 15.1 Å². The fourth-order valence-electron chi connectivity index (χ4n) is 4.13. The monoisotopic (exact) mass is 368 g/mol. The van der Waals surface area contributed by atoms with Crippen molar-refractivity contribution in [3.63, 3.8) is 0 Å². The maximum absolute atomic E-state index is 12.7. The van der Waals surface area contributed by atoms with Gasteiger partial charge in [-0.1, -0.05) is 0 Å². The van der Waals surface area contributed by atoms with Gasteiger partial charge in [0.25, 0.3) is 5.91 Å². The van der Waals surface area contributed by atoms with Gasteiger partial charge in [-0.25, -0.2) is 15.0 Å².